The van der Waals surface area contributed by atoms with E-state index in [2.05, 4.69) is 10.6 Å². The van der Waals surface area contributed by atoms with Gasteiger partial charge in [0.2, 0.25) is 11.8 Å². The first-order valence-electron chi connectivity index (χ1n) is 6.63. The molecule has 0 radical (unpaired) electrons. The lowest BCUT2D eigenvalue weighted by Gasteiger charge is -2.36. The summed E-state index contributed by atoms with van der Waals surface area (Å²) < 4.78 is 5.32. The quantitative estimate of drug-likeness (QED) is 0.686. The Morgan fingerprint density at radius 2 is 2.33 bits per heavy atom. The Balaban J connectivity index is 2.02. The number of morpholine rings is 1. The molecule has 2 heterocycles. The fourth-order valence-electron chi connectivity index (χ4n) is 2.47. The highest BCUT2D eigenvalue weighted by molar-refractivity contribution is 5.90. The molecule has 2 rings (SSSR count). The van der Waals surface area contributed by atoms with E-state index in [1.54, 1.807) is 4.90 Å². The summed E-state index contributed by atoms with van der Waals surface area (Å²) in [6.45, 7) is 4.62. The van der Waals surface area contributed by atoms with E-state index < -0.39 is 6.04 Å². The third kappa shape index (κ3) is 2.81. The van der Waals surface area contributed by atoms with E-state index in [0.717, 1.165) is 19.4 Å². The molecule has 2 aliphatic rings. The van der Waals surface area contributed by atoms with Crippen LogP contribution in [0.3, 0.4) is 0 Å². The first-order chi connectivity index (χ1) is 8.74. The van der Waals surface area contributed by atoms with Gasteiger partial charge in [-0.1, -0.05) is 0 Å². The minimum Gasteiger partial charge on any atom is -0.377 e. The van der Waals surface area contributed by atoms with E-state index >= 15 is 0 Å². The standard InChI is InChI=1S/C12H21N3O3/c1-2-13-11(16)10-8-18-7-6-15(10)12(17)9-4-3-5-14-9/h9-10,14H,2-8H2,1H3,(H,13,16)/t9-,10?/m0/s1. The van der Waals surface area contributed by atoms with Crippen molar-refractivity contribution in [3.8, 4) is 0 Å². The van der Waals surface area contributed by atoms with Gasteiger partial charge in [-0.05, 0) is 26.3 Å². The van der Waals surface area contributed by atoms with E-state index in [9.17, 15) is 9.59 Å². The van der Waals surface area contributed by atoms with Crippen LogP contribution in [0.4, 0.5) is 0 Å². The van der Waals surface area contributed by atoms with Crippen LogP contribution in [0.25, 0.3) is 0 Å². The first kappa shape index (κ1) is 13.3. The van der Waals surface area contributed by atoms with E-state index in [1.165, 1.54) is 0 Å². The normalized spacial score (nSPS) is 28.2. The molecule has 2 N–H and O–H groups in total. The number of likely N-dealkylation sites (N-methyl/N-ethyl adjacent to an activating group) is 1. The summed E-state index contributed by atoms with van der Waals surface area (Å²) in [6.07, 6.45) is 1.88. The van der Waals surface area contributed by atoms with Crippen molar-refractivity contribution in [1.82, 2.24) is 15.5 Å². The van der Waals surface area contributed by atoms with Gasteiger partial charge in [-0.15, -0.1) is 0 Å². The van der Waals surface area contributed by atoms with Crippen LogP contribution in [0.5, 0.6) is 0 Å². The van der Waals surface area contributed by atoms with Gasteiger partial charge in [0.05, 0.1) is 19.3 Å². The summed E-state index contributed by atoms with van der Waals surface area (Å²) in [7, 11) is 0. The van der Waals surface area contributed by atoms with Crippen molar-refractivity contribution in [3.05, 3.63) is 0 Å². The zero-order valence-electron chi connectivity index (χ0n) is 10.8. The molecule has 2 saturated heterocycles. The number of rotatable bonds is 3. The van der Waals surface area contributed by atoms with Crippen molar-refractivity contribution < 1.29 is 14.3 Å². The Hall–Kier alpha value is -1.14. The Kier molecular flexibility index (Phi) is 4.54. The van der Waals surface area contributed by atoms with E-state index in [4.69, 9.17) is 4.74 Å². The van der Waals surface area contributed by atoms with Crippen LogP contribution < -0.4 is 10.6 Å². The van der Waals surface area contributed by atoms with Crippen molar-refractivity contribution in [2.45, 2.75) is 31.8 Å². The molecule has 18 heavy (non-hydrogen) atoms. The second-order valence-electron chi connectivity index (χ2n) is 4.67. The highest BCUT2D eigenvalue weighted by Crippen LogP contribution is 2.14. The minimum atomic E-state index is -0.478. The maximum atomic E-state index is 12.3. The summed E-state index contributed by atoms with van der Waals surface area (Å²) in [6, 6.07) is -0.603. The average molecular weight is 255 g/mol. The molecule has 2 aliphatic heterocycles. The lowest BCUT2D eigenvalue weighted by molar-refractivity contribution is -0.149. The Morgan fingerprint density at radius 3 is 3.00 bits per heavy atom. The van der Waals surface area contributed by atoms with Crippen molar-refractivity contribution in [2.75, 3.05) is 32.8 Å². The van der Waals surface area contributed by atoms with E-state index in [0.29, 0.717) is 26.3 Å². The number of hydrogen-bond donors (Lipinski definition) is 2. The highest BCUT2D eigenvalue weighted by atomic mass is 16.5. The SMILES string of the molecule is CCNC(=O)C1COCCN1C(=O)[C@@H]1CCCN1. The van der Waals surface area contributed by atoms with Gasteiger partial charge in [-0.3, -0.25) is 9.59 Å². The van der Waals surface area contributed by atoms with Crippen LogP contribution >= 0.6 is 0 Å². The number of nitrogens with zero attached hydrogens (tertiary/aromatic N) is 1. The highest BCUT2D eigenvalue weighted by Gasteiger charge is 2.36. The number of amides is 2. The van der Waals surface area contributed by atoms with Gasteiger partial charge in [-0.25, -0.2) is 0 Å². The van der Waals surface area contributed by atoms with Crippen LogP contribution in [0.15, 0.2) is 0 Å². The fourth-order valence-corrected chi connectivity index (χ4v) is 2.47. The number of carbonyl (C=O) groups is 2. The second-order valence-corrected chi connectivity index (χ2v) is 4.67. The summed E-state index contributed by atoms with van der Waals surface area (Å²) >= 11 is 0. The number of hydrogen-bond acceptors (Lipinski definition) is 4. The van der Waals surface area contributed by atoms with Crippen molar-refractivity contribution in [2.24, 2.45) is 0 Å². The van der Waals surface area contributed by atoms with Gasteiger partial charge in [0.15, 0.2) is 0 Å². The maximum absolute atomic E-state index is 12.3. The lowest BCUT2D eigenvalue weighted by atomic mass is 10.1. The summed E-state index contributed by atoms with van der Waals surface area (Å²) in [5, 5.41) is 5.94. The molecular weight excluding hydrogens is 234 g/mol. The van der Waals surface area contributed by atoms with Crippen molar-refractivity contribution in [1.29, 1.82) is 0 Å². The molecule has 0 aromatic rings. The Labute approximate surface area is 107 Å². The van der Waals surface area contributed by atoms with Gasteiger partial charge in [0, 0.05) is 13.1 Å². The molecule has 6 heteroatoms. The lowest BCUT2D eigenvalue weighted by Crippen LogP contribution is -2.59. The summed E-state index contributed by atoms with van der Waals surface area (Å²) in [5.74, 6) is -0.0874. The fraction of sp³-hybridized carbons (Fsp3) is 0.833. The van der Waals surface area contributed by atoms with Crippen LogP contribution in [-0.2, 0) is 14.3 Å². The molecule has 0 aromatic carbocycles. The predicted molar refractivity (Wildman–Crippen MR) is 66.0 cm³/mol. The average Bonchev–Trinajstić information content (AvgIpc) is 2.92. The summed E-state index contributed by atoms with van der Waals surface area (Å²) in [4.78, 5) is 25.9. The second kappa shape index (κ2) is 6.15. The third-order valence-electron chi connectivity index (χ3n) is 3.42. The molecule has 0 aromatic heterocycles. The van der Waals surface area contributed by atoms with Crippen LogP contribution in [0.1, 0.15) is 19.8 Å². The molecule has 2 fully saturated rings. The predicted octanol–water partition coefficient (Wildman–Crippen LogP) is -0.898. The first-order valence-corrected chi connectivity index (χ1v) is 6.63. The molecule has 6 nitrogen and oxygen atoms in total. The smallest absolute Gasteiger partial charge is 0.245 e. The molecule has 0 bridgehead atoms. The van der Waals surface area contributed by atoms with E-state index in [1.807, 2.05) is 6.92 Å². The Bertz CT molecular complexity index is 316. The van der Waals surface area contributed by atoms with E-state index in [-0.39, 0.29) is 17.9 Å². The Morgan fingerprint density at radius 1 is 1.50 bits per heavy atom. The zero-order chi connectivity index (χ0) is 13.0. The maximum Gasteiger partial charge on any atom is 0.245 e. The largest absolute Gasteiger partial charge is 0.377 e. The van der Waals surface area contributed by atoms with Crippen molar-refractivity contribution in [3.63, 3.8) is 0 Å². The van der Waals surface area contributed by atoms with Crippen molar-refractivity contribution >= 4 is 11.8 Å². The monoisotopic (exact) mass is 255 g/mol. The zero-order valence-corrected chi connectivity index (χ0v) is 10.8. The minimum absolute atomic E-state index is 0.0343. The van der Waals surface area contributed by atoms with Crippen LogP contribution in [0, 0.1) is 0 Å². The molecule has 1 unspecified atom stereocenters. The van der Waals surface area contributed by atoms with Crippen LogP contribution in [0.2, 0.25) is 0 Å². The van der Waals surface area contributed by atoms with Gasteiger partial charge in [-0.2, -0.15) is 0 Å². The molecule has 2 atom stereocenters. The van der Waals surface area contributed by atoms with Gasteiger partial charge < -0.3 is 20.3 Å². The number of ether oxygens (including phenoxy) is 1. The van der Waals surface area contributed by atoms with Gasteiger partial charge >= 0.3 is 0 Å². The topological polar surface area (TPSA) is 70.7 Å². The third-order valence-corrected chi connectivity index (χ3v) is 3.42. The molecule has 2 amide bonds. The van der Waals surface area contributed by atoms with Crippen LogP contribution in [-0.4, -0.2) is 61.6 Å². The molecule has 102 valence electrons. The van der Waals surface area contributed by atoms with Gasteiger partial charge in [0.25, 0.3) is 0 Å². The van der Waals surface area contributed by atoms with Gasteiger partial charge in [0.1, 0.15) is 6.04 Å². The number of nitrogens with one attached hydrogen (secondary N) is 2. The summed E-state index contributed by atoms with van der Waals surface area (Å²) in [5.41, 5.74) is 0. The molecule has 0 saturated carbocycles. The molecule has 0 spiro atoms. The molecular formula is C12H21N3O3. The number of carbonyl (C=O) groups excluding carboxylic acids is 2. The molecule has 0 aliphatic carbocycles.